The Morgan fingerprint density at radius 1 is 1.13 bits per heavy atom. The molecule has 4 rings (SSSR count). The van der Waals surface area contributed by atoms with Gasteiger partial charge in [-0.1, -0.05) is 18.2 Å². The van der Waals surface area contributed by atoms with E-state index in [0.29, 0.717) is 28.2 Å². The molecule has 0 radical (unpaired) electrons. The van der Waals surface area contributed by atoms with E-state index in [-0.39, 0.29) is 24.3 Å². The number of nitro benzene ring substituents is 1. The molecule has 1 aliphatic rings. The van der Waals surface area contributed by atoms with E-state index >= 15 is 0 Å². The van der Waals surface area contributed by atoms with Crippen LogP contribution in [0.5, 0.6) is 0 Å². The quantitative estimate of drug-likeness (QED) is 0.186. The standard InChI is InChI=1S/C26H24N6O6/c1-16(26(35)36)30-12-13-31(19-7-9-20(10-8-19)32(37)38)23-11-6-18(14-22(23)25(30)34)29-24(33)21-5-3-2-4-17(21)15-28-27/h2-11,14-16H,12-13,27H2,1H3,(H,29,33)(H,35,36). The first-order chi connectivity index (χ1) is 18.2. The molecule has 1 heterocycles. The third kappa shape index (κ3) is 5.14. The number of nitrogens with two attached hydrogens (primary N) is 1. The van der Waals surface area contributed by atoms with Gasteiger partial charge in [-0.3, -0.25) is 19.7 Å². The lowest BCUT2D eigenvalue weighted by molar-refractivity contribution is -0.384. The summed E-state index contributed by atoms with van der Waals surface area (Å²) in [5.41, 5.74) is 2.28. The lowest BCUT2D eigenvalue weighted by Crippen LogP contribution is -2.44. The lowest BCUT2D eigenvalue weighted by atomic mass is 10.1. The number of aliphatic carboxylic acids is 1. The zero-order chi connectivity index (χ0) is 27.4. The second-order valence-electron chi connectivity index (χ2n) is 8.49. The summed E-state index contributed by atoms with van der Waals surface area (Å²) in [6, 6.07) is 16.2. The van der Waals surface area contributed by atoms with Gasteiger partial charge in [-0.05, 0) is 43.3 Å². The van der Waals surface area contributed by atoms with Crippen molar-refractivity contribution >= 4 is 46.7 Å². The smallest absolute Gasteiger partial charge is 0.326 e. The molecule has 12 heteroatoms. The number of carbonyl (C=O) groups is 3. The Balaban J connectivity index is 1.75. The Morgan fingerprint density at radius 3 is 2.50 bits per heavy atom. The summed E-state index contributed by atoms with van der Waals surface area (Å²) in [5, 5.41) is 26.9. The molecular formula is C26H24N6O6. The molecule has 3 aromatic rings. The van der Waals surface area contributed by atoms with Crippen molar-refractivity contribution in [2.24, 2.45) is 10.9 Å². The molecule has 0 aliphatic carbocycles. The number of anilines is 3. The molecular weight excluding hydrogens is 492 g/mol. The van der Waals surface area contributed by atoms with Crippen LogP contribution in [-0.4, -0.2) is 58.1 Å². The van der Waals surface area contributed by atoms with Crippen molar-refractivity contribution in [1.82, 2.24) is 4.90 Å². The van der Waals surface area contributed by atoms with Gasteiger partial charge in [-0.15, -0.1) is 0 Å². The van der Waals surface area contributed by atoms with Crippen LogP contribution in [0.1, 0.15) is 33.2 Å². The number of nitrogens with zero attached hydrogens (tertiary/aromatic N) is 4. The fourth-order valence-electron chi connectivity index (χ4n) is 4.23. The molecule has 0 fully saturated rings. The van der Waals surface area contributed by atoms with E-state index in [9.17, 15) is 29.6 Å². The van der Waals surface area contributed by atoms with E-state index in [1.807, 2.05) is 0 Å². The maximum atomic E-state index is 13.6. The Kier molecular flexibility index (Phi) is 7.33. The molecule has 0 bridgehead atoms. The topological polar surface area (TPSA) is 171 Å². The number of fused-ring (bicyclic) bond motifs is 1. The molecule has 1 unspecified atom stereocenters. The predicted octanol–water partition coefficient (Wildman–Crippen LogP) is 3.21. The number of rotatable bonds is 7. The van der Waals surface area contributed by atoms with Crippen molar-refractivity contribution < 1.29 is 24.4 Å². The van der Waals surface area contributed by atoms with Crippen molar-refractivity contribution in [1.29, 1.82) is 0 Å². The Bertz CT molecular complexity index is 1440. The monoisotopic (exact) mass is 516 g/mol. The van der Waals surface area contributed by atoms with Crippen molar-refractivity contribution in [2.45, 2.75) is 13.0 Å². The highest BCUT2D eigenvalue weighted by molar-refractivity contribution is 6.10. The summed E-state index contributed by atoms with van der Waals surface area (Å²) in [6.07, 6.45) is 1.35. The zero-order valence-corrected chi connectivity index (χ0v) is 20.3. The highest BCUT2D eigenvalue weighted by Gasteiger charge is 2.33. The van der Waals surface area contributed by atoms with Crippen LogP contribution in [0.4, 0.5) is 22.7 Å². The molecule has 4 N–H and O–H groups in total. The maximum absolute atomic E-state index is 13.6. The van der Waals surface area contributed by atoms with E-state index in [1.54, 1.807) is 53.4 Å². The minimum absolute atomic E-state index is 0.0842. The van der Waals surface area contributed by atoms with Crippen LogP contribution < -0.4 is 16.1 Å². The summed E-state index contributed by atoms with van der Waals surface area (Å²) < 4.78 is 0. The van der Waals surface area contributed by atoms with Crippen LogP contribution in [0, 0.1) is 10.1 Å². The van der Waals surface area contributed by atoms with Gasteiger partial charge in [0.15, 0.2) is 0 Å². The highest BCUT2D eigenvalue weighted by atomic mass is 16.6. The lowest BCUT2D eigenvalue weighted by Gasteiger charge is -2.26. The van der Waals surface area contributed by atoms with E-state index in [4.69, 9.17) is 5.84 Å². The number of benzene rings is 3. The molecule has 1 aliphatic heterocycles. The number of nitrogens with one attached hydrogen (secondary N) is 1. The third-order valence-electron chi connectivity index (χ3n) is 6.22. The minimum atomic E-state index is -1.16. The summed E-state index contributed by atoms with van der Waals surface area (Å²) in [6.45, 7) is 1.75. The Labute approximate surface area is 217 Å². The van der Waals surface area contributed by atoms with Gasteiger partial charge in [0.05, 0.1) is 22.4 Å². The fraction of sp³-hybridized carbons (Fsp3) is 0.154. The maximum Gasteiger partial charge on any atom is 0.326 e. The number of carboxylic acid groups (broad SMARTS) is 1. The predicted molar refractivity (Wildman–Crippen MR) is 141 cm³/mol. The number of amides is 2. The average Bonchev–Trinajstić information content (AvgIpc) is 3.05. The van der Waals surface area contributed by atoms with E-state index in [1.165, 1.54) is 36.2 Å². The first-order valence-corrected chi connectivity index (χ1v) is 11.5. The van der Waals surface area contributed by atoms with Gasteiger partial charge in [-0.25, -0.2) is 4.79 Å². The first kappa shape index (κ1) is 25.8. The normalized spacial score (nSPS) is 14.1. The number of non-ortho nitro benzene ring substituents is 1. The zero-order valence-electron chi connectivity index (χ0n) is 20.3. The Hall–Kier alpha value is -5.26. The molecule has 38 heavy (non-hydrogen) atoms. The largest absolute Gasteiger partial charge is 0.480 e. The number of hydrogen-bond donors (Lipinski definition) is 3. The van der Waals surface area contributed by atoms with Crippen molar-refractivity contribution in [2.75, 3.05) is 23.3 Å². The van der Waals surface area contributed by atoms with Gasteiger partial charge in [-0.2, -0.15) is 5.10 Å². The molecule has 3 aromatic carbocycles. The summed E-state index contributed by atoms with van der Waals surface area (Å²) in [4.78, 5) is 51.9. The second-order valence-corrected chi connectivity index (χ2v) is 8.49. The molecule has 0 saturated carbocycles. The van der Waals surface area contributed by atoms with Crippen LogP contribution in [-0.2, 0) is 4.79 Å². The van der Waals surface area contributed by atoms with Crippen molar-refractivity contribution in [3.63, 3.8) is 0 Å². The summed E-state index contributed by atoms with van der Waals surface area (Å²) in [5.74, 6) is 3.11. The molecule has 194 valence electrons. The first-order valence-electron chi connectivity index (χ1n) is 11.5. The second kappa shape index (κ2) is 10.8. The van der Waals surface area contributed by atoms with E-state index in [2.05, 4.69) is 10.4 Å². The van der Waals surface area contributed by atoms with Gasteiger partial charge < -0.3 is 26.1 Å². The number of hydrogen-bond acceptors (Lipinski definition) is 8. The SMILES string of the molecule is CC(C(=O)O)N1CCN(c2ccc([N+](=O)[O-])cc2)c2ccc(NC(=O)c3ccccc3C=NN)cc2C1=O. The molecule has 0 saturated heterocycles. The van der Waals surface area contributed by atoms with Gasteiger partial charge in [0.25, 0.3) is 17.5 Å². The number of nitro groups is 1. The Morgan fingerprint density at radius 2 is 1.84 bits per heavy atom. The number of hydrazone groups is 1. The molecule has 12 nitrogen and oxygen atoms in total. The van der Waals surface area contributed by atoms with Crippen LogP contribution >= 0.6 is 0 Å². The minimum Gasteiger partial charge on any atom is -0.480 e. The van der Waals surface area contributed by atoms with Crippen LogP contribution in [0.3, 0.4) is 0 Å². The molecule has 2 amide bonds. The van der Waals surface area contributed by atoms with Gasteiger partial charge in [0.1, 0.15) is 6.04 Å². The number of carbonyl (C=O) groups excluding carboxylic acids is 2. The van der Waals surface area contributed by atoms with Crippen molar-refractivity contribution in [3.8, 4) is 0 Å². The third-order valence-corrected chi connectivity index (χ3v) is 6.22. The van der Waals surface area contributed by atoms with Gasteiger partial charge in [0, 0.05) is 47.7 Å². The van der Waals surface area contributed by atoms with Crippen LogP contribution in [0.25, 0.3) is 0 Å². The highest BCUT2D eigenvalue weighted by Crippen LogP contribution is 2.35. The summed E-state index contributed by atoms with van der Waals surface area (Å²) >= 11 is 0. The van der Waals surface area contributed by atoms with Crippen LogP contribution in [0.15, 0.2) is 71.8 Å². The van der Waals surface area contributed by atoms with Crippen molar-refractivity contribution in [3.05, 3.63) is 93.5 Å². The van der Waals surface area contributed by atoms with E-state index < -0.39 is 28.7 Å². The molecule has 0 spiro atoms. The van der Waals surface area contributed by atoms with Crippen LogP contribution in [0.2, 0.25) is 0 Å². The average molecular weight is 517 g/mol. The number of carboxylic acids is 1. The van der Waals surface area contributed by atoms with Gasteiger partial charge in [0.2, 0.25) is 0 Å². The summed E-state index contributed by atoms with van der Waals surface area (Å²) in [7, 11) is 0. The molecule has 1 atom stereocenters. The fourth-order valence-corrected chi connectivity index (χ4v) is 4.23. The molecule has 0 aromatic heterocycles. The van der Waals surface area contributed by atoms with Gasteiger partial charge >= 0.3 is 5.97 Å². The van der Waals surface area contributed by atoms with E-state index in [0.717, 1.165) is 0 Å².